The molecule has 0 saturated heterocycles. The first-order valence-corrected chi connectivity index (χ1v) is 4.61. The molecule has 0 radical (unpaired) electrons. The zero-order valence-electron chi connectivity index (χ0n) is 7.68. The van der Waals surface area contributed by atoms with Gasteiger partial charge in [-0.25, -0.2) is 4.98 Å². The van der Waals surface area contributed by atoms with Crippen molar-refractivity contribution in [3.63, 3.8) is 0 Å². The third kappa shape index (κ3) is 1.71. The second-order valence-electron chi connectivity index (χ2n) is 3.40. The van der Waals surface area contributed by atoms with E-state index >= 15 is 0 Å². The van der Waals surface area contributed by atoms with Crippen molar-refractivity contribution in [3.8, 4) is 0 Å². The molecule has 0 atom stereocenters. The fourth-order valence-electron chi connectivity index (χ4n) is 1.68. The number of carbonyl (C=O) groups is 1. The first-order valence-electron chi connectivity index (χ1n) is 4.61. The van der Waals surface area contributed by atoms with Gasteiger partial charge in [-0.05, 0) is 25.7 Å². The Labute approximate surface area is 76.8 Å². The van der Waals surface area contributed by atoms with Crippen LogP contribution in [0.3, 0.4) is 0 Å². The van der Waals surface area contributed by atoms with Gasteiger partial charge in [0.05, 0.1) is 5.69 Å². The molecule has 1 aromatic heterocycles. The number of anilines is 1. The van der Waals surface area contributed by atoms with Crippen LogP contribution in [0.15, 0.2) is 0 Å². The standard InChI is InChI=1S/C9H13N3O/c1-6(13)10-9-11-7-4-2-3-5-8(7)12-9/h2-5H2,1H3,(H2,10,11,12,13). The van der Waals surface area contributed by atoms with Gasteiger partial charge >= 0.3 is 0 Å². The molecule has 0 fully saturated rings. The summed E-state index contributed by atoms with van der Waals surface area (Å²) in [6, 6.07) is 0. The van der Waals surface area contributed by atoms with Crippen molar-refractivity contribution in [2.45, 2.75) is 32.6 Å². The van der Waals surface area contributed by atoms with Gasteiger partial charge in [-0.1, -0.05) is 0 Å². The van der Waals surface area contributed by atoms with Crippen LogP contribution < -0.4 is 5.32 Å². The summed E-state index contributed by atoms with van der Waals surface area (Å²) in [5.41, 5.74) is 2.31. The van der Waals surface area contributed by atoms with E-state index in [9.17, 15) is 4.79 Å². The van der Waals surface area contributed by atoms with Crippen molar-refractivity contribution in [2.24, 2.45) is 0 Å². The Morgan fingerprint density at radius 1 is 1.46 bits per heavy atom. The number of carbonyl (C=O) groups excluding carboxylic acids is 1. The number of nitrogens with one attached hydrogen (secondary N) is 2. The van der Waals surface area contributed by atoms with Gasteiger partial charge in [-0.3, -0.25) is 10.1 Å². The number of hydrogen-bond donors (Lipinski definition) is 2. The lowest BCUT2D eigenvalue weighted by Gasteiger charge is -2.07. The number of fused-ring (bicyclic) bond motifs is 1. The largest absolute Gasteiger partial charge is 0.328 e. The zero-order chi connectivity index (χ0) is 9.26. The molecular formula is C9H13N3O. The lowest BCUT2D eigenvalue weighted by Crippen LogP contribution is -2.07. The fraction of sp³-hybridized carbons (Fsp3) is 0.556. The van der Waals surface area contributed by atoms with Crippen LogP contribution in [0.4, 0.5) is 5.95 Å². The Bertz CT molecular complexity index is 306. The number of nitrogens with zero attached hydrogens (tertiary/aromatic N) is 1. The molecule has 0 aromatic carbocycles. The third-order valence-electron chi connectivity index (χ3n) is 2.25. The zero-order valence-corrected chi connectivity index (χ0v) is 7.68. The van der Waals surface area contributed by atoms with Crippen molar-refractivity contribution >= 4 is 11.9 Å². The van der Waals surface area contributed by atoms with E-state index in [1.807, 2.05) is 0 Å². The van der Waals surface area contributed by atoms with Crippen molar-refractivity contribution in [1.29, 1.82) is 0 Å². The highest BCUT2D eigenvalue weighted by molar-refractivity contribution is 5.86. The maximum atomic E-state index is 10.8. The first kappa shape index (κ1) is 8.29. The molecule has 2 rings (SSSR count). The van der Waals surface area contributed by atoms with E-state index in [2.05, 4.69) is 15.3 Å². The van der Waals surface area contributed by atoms with Gasteiger partial charge in [0, 0.05) is 12.6 Å². The van der Waals surface area contributed by atoms with E-state index in [0.29, 0.717) is 5.95 Å². The van der Waals surface area contributed by atoms with Crippen LogP contribution >= 0.6 is 0 Å². The molecule has 1 heterocycles. The highest BCUT2D eigenvalue weighted by Crippen LogP contribution is 2.20. The molecule has 1 aliphatic rings. The van der Waals surface area contributed by atoms with Crippen LogP contribution in [-0.2, 0) is 17.6 Å². The summed E-state index contributed by atoms with van der Waals surface area (Å²) in [5.74, 6) is 0.519. The number of hydrogen-bond acceptors (Lipinski definition) is 2. The van der Waals surface area contributed by atoms with E-state index in [-0.39, 0.29) is 5.91 Å². The fourth-order valence-corrected chi connectivity index (χ4v) is 1.68. The minimum Gasteiger partial charge on any atom is -0.328 e. The summed E-state index contributed by atoms with van der Waals surface area (Å²) in [4.78, 5) is 18.2. The lowest BCUT2D eigenvalue weighted by molar-refractivity contribution is -0.114. The Morgan fingerprint density at radius 2 is 2.23 bits per heavy atom. The number of aryl methyl sites for hydroxylation is 2. The maximum Gasteiger partial charge on any atom is 0.223 e. The second kappa shape index (κ2) is 3.20. The lowest BCUT2D eigenvalue weighted by atomic mass is 10.0. The second-order valence-corrected chi connectivity index (χ2v) is 3.40. The molecule has 4 heteroatoms. The SMILES string of the molecule is CC(=O)Nc1nc2c([nH]1)CCCC2. The Hall–Kier alpha value is -1.32. The predicted molar refractivity (Wildman–Crippen MR) is 49.5 cm³/mol. The highest BCUT2D eigenvalue weighted by Gasteiger charge is 2.14. The molecule has 0 bridgehead atoms. The van der Waals surface area contributed by atoms with E-state index < -0.39 is 0 Å². The topological polar surface area (TPSA) is 57.8 Å². The summed E-state index contributed by atoms with van der Waals surface area (Å²) < 4.78 is 0. The molecule has 0 spiro atoms. The smallest absolute Gasteiger partial charge is 0.223 e. The van der Waals surface area contributed by atoms with E-state index in [1.54, 1.807) is 0 Å². The summed E-state index contributed by atoms with van der Waals surface area (Å²) in [7, 11) is 0. The van der Waals surface area contributed by atoms with Crippen LogP contribution in [0.5, 0.6) is 0 Å². The summed E-state index contributed by atoms with van der Waals surface area (Å²) >= 11 is 0. The predicted octanol–water partition coefficient (Wildman–Crippen LogP) is 1.25. The average Bonchev–Trinajstić information content (AvgIpc) is 2.44. The number of H-pyrrole nitrogens is 1. The molecule has 4 nitrogen and oxygen atoms in total. The Kier molecular flexibility index (Phi) is 2.04. The molecule has 1 amide bonds. The normalized spacial score (nSPS) is 15.2. The molecule has 13 heavy (non-hydrogen) atoms. The van der Waals surface area contributed by atoms with Gasteiger partial charge in [0.2, 0.25) is 11.9 Å². The summed E-state index contributed by atoms with van der Waals surface area (Å²) in [6.45, 7) is 1.49. The van der Waals surface area contributed by atoms with Crippen molar-refractivity contribution in [3.05, 3.63) is 11.4 Å². The Balaban J connectivity index is 2.20. The van der Waals surface area contributed by atoms with Crippen molar-refractivity contribution < 1.29 is 4.79 Å². The van der Waals surface area contributed by atoms with Gasteiger partial charge in [0.15, 0.2) is 0 Å². The monoisotopic (exact) mass is 179 g/mol. The van der Waals surface area contributed by atoms with Crippen LogP contribution in [-0.4, -0.2) is 15.9 Å². The quantitative estimate of drug-likeness (QED) is 0.681. The first-order chi connectivity index (χ1) is 6.25. The molecule has 0 saturated carbocycles. The van der Waals surface area contributed by atoms with Gasteiger partial charge in [-0.15, -0.1) is 0 Å². The van der Waals surface area contributed by atoms with Gasteiger partial charge in [-0.2, -0.15) is 0 Å². The molecule has 0 unspecified atom stereocenters. The van der Waals surface area contributed by atoms with Gasteiger partial charge in [0.25, 0.3) is 0 Å². The molecule has 1 aliphatic carbocycles. The molecule has 2 N–H and O–H groups in total. The van der Waals surface area contributed by atoms with E-state index in [1.165, 1.54) is 25.5 Å². The highest BCUT2D eigenvalue weighted by atomic mass is 16.1. The van der Waals surface area contributed by atoms with Gasteiger partial charge < -0.3 is 4.98 Å². The minimum atomic E-state index is -0.0777. The van der Waals surface area contributed by atoms with E-state index in [0.717, 1.165) is 18.5 Å². The van der Waals surface area contributed by atoms with Crippen LogP contribution in [0.2, 0.25) is 0 Å². The number of aromatic amines is 1. The van der Waals surface area contributed by atoms with E-state index in [4.69, 9.17) is 0 Å². The minimum absolute atomic E-state index is 0.0777. The molecular weight excluding hydrogens is 166 g/mol. The number of amides is 1. The van der Waals surface area contributed by atoms with Crippen LogP contribution in [0, 0.1) is 0 Å². The van der Waals surface area contributed by atoms with Crippen LogP contribution in [0.1, 0.15) is 31.2 Å². The number of imidazole rings is 1. The summed E-state index contributed by atoms with van der Waals surface area (Å²) in [6.07, 6.45) is 4.51. The number of rotatable bonds is 1. The third-order valence-corrected chi connectivity index (χ3v) is 2.25. The molecule has 1 aromatic rings. The van der Waals surface area contributed by atoms with Crippen LogP contribution in [0.25, 0.3) is 0 Å². The molecule has 70 valence electrons. The number of aromatic nitrogens is 2. The maximum absolute atomic E-state index is 10.8. The van der Waals surface area contributed by atoms with Crippen molar-refractivity contribution in [2.75, 3.05) is 5.32 Å². The van der Waals surface area contributed by atoms with Gasteiger partial charge in [0.1, 0.15) is 0 Å². The average molecular weight is 179 g/mol. The molecule has 0 aliphatic heterocycles. The summed E-state index contributed by atoms with van der Waals surface area (Å²) in [5, 5.41) is 2.66. The Morgan fingerprint density at radius 3 is 2.92 bits per heavy atom. The van der Waals surface area contributed by atoms with Crippen molar-refractivity contribution in [1.82, 2.24) is 9.97 Å².